The molecule has 0 unspecified atom stereocenters. The van der Waals surface area contributed by atoms with Gasteiger partial charge in [0.1, 0.15) is 17.5 Å². The van der Waals surface area contributed by atoms with Crippen LogP contribution in [0.15, 0.2) is 80.1 Å². The molecular weight excluding hydrogens is 634 g/mol. The molecule has 9 nitrogen and oxygen atoms in total. The third-order valence-corrected chi connectivity index (χ3v) is 8.93. The maximum absolute atomic E-state index is 14.2. The van der Waals surface area contributed by atoms with E-state index in [1.807, 2.05) is 57.2 Å². The Labute approximate surface area is 260 Å². The number of carboxylic acids is 1. The fraction of sp³-hybridized carbons (Fsp3) is 0.250. The lowest BCUT2D eigenvalue weighted by Gasteiger charge is -2.30. The van der Waals surface area contributed by atoms with E-state index in [4.69, 9.17) is 19.6 Å². The molecule has 0 bridgehead atoms. The van der Waals surface area contributed by atoms with Crippen LogP contribution in [0.5, 0.6) is 11.5 Å². The summed E-state index contributed by atoms with van der Waals surface area (Å²) >= 11 is 4.66. The van der Waals surface area contributed by atoms with Crippen molar-refractivity contribution in [1.29, 1.82) is 0 Å². The number of benzene rings is 3. The average molecular weight is 665 g/mol. The molecule has 1 aliphatic rings. The average Bonchev–Trinajstić information content (AvgIpc) is 3.29. The summed E-state index contributed by atoms with van der Waals surface area (Å²) in [7, 11) is 1.58. The van der Waals surface area contributed by atoms with E-state index in [1.165, 1.54) is 11.3 Å². The van der Waals surface area contributed by atoms with Crippen molar-refractivity contribution in [3.05, 3.63) is 101 Å². The number of hydrogen-bond acceptors (Lipinski definition) is 7. The zero-order valence-electron chi connectivity index (χ0n) is 24.1. The van der Waals surface area contributed by atoms with E-state index in [-0.39, 0.29) is 11.5 Å². The molecule has 0 radical (unpaired) electrons. The van der Waals surface area contributed by atoms with Crippen LogP contribution in [-0.4, -0.2) is 53.3 Å². The lowest BCUT2D eigenvalue weighted by atomic mass is 9.90. The fourth-order valence-corrected chi connectivity index (χ4v) is 6.86. The summed E-state index contributed by atoms with van der Waals surface area (Å²) in [6.45, 7) is 6.22. The first-order valence-corrected chi connectivity index (χ1v) is 15.3. The van der Waals surface area contributed by atoms with Crippen LogP contribution >= 0.6 is 27.3 Å². The summed E-state index contributed by atoms with van der Waals surface area (Å²) in [4.78, 5) is 46.2. The van der Waals surface area contributed by atoms with Crippen molar-refractivity contribution in [2.75, 3.05) is 26.8 Å². The number of allylic oxidation sites excluding steroid dienone is 1. The van der Waals surface area contributed by atoms with Gasteiger partial charge in [-0.2, -0.15) is 0 Å². The quantitative estimate of drug-likeness (QED) is 0.283. The van der Waals surface area contributed by atoms with Crippen molar-refractivity contribution in [3.63, 3.8) is 0 Å². The van der Waals surface area contributed by atoms with Crippen molar-refractivity contribution in [2.45, 2.75) is 26.8 Å². The molecule has 1 N–H and O–H groups in total. The van der Waals surface area contributed by atoms with Crippen LogP contribution in [-0.2, 0) is 9.59 Å². The molecule has 5 rings (SSSR count). The van der Waals surface area contributed by atoms with Crippen LogP contribution in [0.4, 0.5) is 0 Å². The number of hydrogen-bond donors (Lipinski definition) is 1. The van der Waals surface area contributed by atoms with Crippen LogP contribution in [0.25, 0.3) is 16.8 Å². The van der Waals surface area contributed by atoms with Gasteiger partial charge in [0.05, 0.1) is 27.4 Å². The molecule has 2 heterocycles. The number of carbonyl (C=O) groups excluding carboxylic acids is 1. The van der Waals surface area contributed by atoms with Crippen molar-refractivity contribution >= 4 is 56.0 Å². The van der Waals surface area contributed by atoms with E-state index in [1.54, 1.807) is 40.9 Å². The predicted octanol–water partition coefficient (Wildman–Crippen LogP) is 4.49. The highest BCUT2D eigenvalue weighted by molar-refractivity contribution is 9.10. The highest BCUT2D eigenvalue weighted by atomic mass is 79.9. The minimum Gasteiger partial charge on any atom is -0.496 e. The molecule has 1 amide bonds. The summed E-state index contributed by atoms with van der Waals surface area (Å²) in [5.41, 5.74) is 2.12. The molecule has 1 atom stereocenters. The SMILES string of the molecule is CCN(CC)C(=O)C1=C(C)N=c2s/c(=C\c3ccc(OCC(=O)O)c(Br)c3)c(=O)n2[C@@H]1c1c(OC)ccc2ccccc12. The molecule has 222 valence electrons. The van der Waals surface area contributed by atoms with Gasteiger partial charge in [-0.25, -0.2) is 9.79 Å². The van der Waals surface area contributed by atoms with Crippen LogP contribution in [0, 0.1) is 0 Å². The third-order valence-electron chi connectivity index (χ3n) is 7.33. The van der Waals surface area contributed by atoms with E-state index in [9.17, 15) is 14.4 Å². The number of methoxy groups -OCH3 is 1. The molecule has 4 aromatic rings. The monoisotopic (exact) mass is 663 g/mol. The summed E-state index contributed by atoms with van der Waals surface area (Å²) in [5, 5.41) is 10.8. The maximum atomic E-state index is 14.2. The minimum absolute atomic E-state index is 0.179. The van der Waals surface area contributed by atoms with Gasteiger partial charge in [0.15, 0.2) is 11.4 Å². The van der Waals surface area contributed by atoms with E-state index in [0.717, 1.165) is 16.3 Å². The third kappa shape index (κ3) is 5.74. The van der Waals surface area contributed by atoms with E-state index in [0.29, 0.717) is 55.2 Å². The number of carboxylic acid groups (broad SMARTS) is 1. The Morgan fingerprint density at radius 1 is 1.12 bits per heavy atom. The number of fused-ring (bicyclic) bond motifs is 2. The number of likely N-dealkylation sites (N-methyl/N-ethyl adjacent to an activating group) is 1. The van der Waals surface area contributed by atoms with Gasteiger partial charge in [-0.1, -0.05) is 47.7 Å². The van der Waals surface area contributed by atoms with Gasteiger partial charge in [-0.3, -0.25) is 14.2 Å². The van der Waals surface area contributed by atoms with Crippen LogP contribution < -0.4 is 24.4 Å². The Balaban J connectivity index is 1.75. The smallest absolute Gasteiger partial charge is 0.341 e. The van der Waals surface area contributed by atoms with E-state index < -0.39 is 18.6 Å². The summed E-state index contributed by atoms with van der Waals surface area (Å²) in [6, 6.07) is 16.0. The number of carbonyl (C=O) groups is 2. The second kappa shape index (κ2) is 12.6. The summed E-state index contributed by atoms with van der Waals surface area (Å²) < 4.78 is 13.7. The molecule has 43 heavy (non-hydrogen) atoms. The summed E-state index contributed by atoms with van der Waals surface area (Å²) in [5.74, 6) is -0.317. The number of rotatable bonds is 9. The molecule has 0 saturated heterocycles. The molecule has 3 aromatic carbocycles. The Morgan fingerprint density at radius 3 is 2.51 bits per heavy atom. The van der Waals surface area contributed by atoms with Gasteiger partial charge in [-0.05, 0) is 77.3 Å². The standard InChI is InChI=1S/C32H30BrN3O6S/c1-5-35(6-2)31(40)27-18(3)34-32-36(29(27)28-21-10-8-7-9-20(21)12-14-24(28)41-4)30(39)25(43-32)16-19-11-13-23(22(33)15-19)42-17-26(37)38/h7-16,29H,5-6,17H2,1-4H3,(H,37,38)/b25-16-/t29-/m0/s1. The van der Waals surface area contributed by atoms with Crippen LogP contribution in [0.2, 0.25) is 0 Å². The highest BCUT2D eigenvalue weighted by Crippen LogP contribution is 2.40. The number of halogens is 1. The molecule has 1 aromatic heterocycles. The second-order valence-corrected chi connectivity index (χ2v) is 11.7. The van der Waals surface area contributed by atoms with Gasteiger partial charge >= 0.3 is 5.97 Å². The number of ether oxygens (including phenoxy) is 2. The van der Waals surface area contributed by atoms with Gasteiger partial charge in [0, 0.05) is 18.7 Å². The Kier molecular flexibility index (Phi) is 8.84. The summed E-state index contributed by atoms with van der Waals surface area (Å²) in [6.07, 6.45) is 1.75. The molecule has 0 spiro atoms. The first-order chi connectivity index (χ1) is 20.7. The highest BCUT2D eigenvalue weighted by Gasteiger charge is 2.36. The molecule has 0 aliphatic carbocycles. The Bertz CT molecular complexity index is 1960. The van der Waals surface area contributed by atoms with Crippen LogP contribution in [0.1, 0.15) is 37.9 Å². The molecule has 11 heteroatoms. The van der Waals surface area contributed by atoms with E-state index >= 15 is 0 Å². The number of aliphatic carboxylic acids is 1. The number of aromatic nitrogens is 1. The minimum atomic E-state index is -1.08. The van der Waals surface area contributed by atoms with Gasteiger partial charge < -0.3 is 19.5 Å². The lowest BCUT2D eigenvalue weighted by molar-refractivity contribution is -0.139. The largest absolute Gasteiger partial charge is 0.496 e. The fourth-order valence-electron chi connectivity index (χ4n) is 5.30. The van der Waals surface area contributed by atoms with Gasteiger partial charge in [0.2, 0.25) is 0 Å². The second-order valence-electron chi connectivity index (χ2n) is 9.83. The Hall–Kier alpha value is -4.22. The number of nitrogens with zero attached hydrogens (tertiary/aromatic N) is 3. The van der Waals surface area contributed by atoms with Crippen molar-refractivity contribution in [1.82, 2.24) is 9.47 Å². The van der Waals surface area contributed by atoms with Crippen LogP contribution in [0.3, 0.4) is 0 Å². The van der Waals surface area contributed by atoms with E-state index in [2.05, 4.69) is 15.9 Å². The Morgan fingerprint density at radius 2 is 1.84 bits per heavy atom. The normalized spacial score (nSPS) is 14.8. The van der Waals surface area contributed by atoms with Crippen molar-refractivity contribution < 1.29 is 24.2 Å². The van der Waals surface area contributed by atoms with Gasteiger partial charge in [0.25, 0.3) is 11.5 Å². The van der Waals surface area contributed by atoms with Crippen molar-refractivity contribution in [2.24, 2.45) is 4.99 Å². The zero-order valence-corrected chi connectivity index (χ0v) is 26.5. The maximum Gasteiger partial charge on any atom is 0.341 e. The predicted molar refractivity (Wildman–Crippen MR) is 169 cm³/mol. The van der Waals surface area contributed by atoms with Gasteiger partial charge in [-0.15, -0.1) is 0 Å². The first-order valence-electron chi connectivity index (χ1n) is 13.7. The van der Waals surface area contributed by atoms with Crippen molar-refractivity contribution in [3.8, 4) is 11.5 Å². The molecule has 1 aliphatic heterocycles. The topological polar surface area (TPSA) is 110 Å². The molecule has 0 fully saturated rings. The number of amides is 1. The molecule has 0 saturated carbocycles. The number of thiazole rings is 1. The molecular formula is C32H30BrN3O6S. The first kappa shape index (κ1) is 30.2. The zero-order chi connectivity index (χ0) is 30.8. The lowest BCUT2D eigenvalue weighted by Crippen LogP contribution is -2.43.